The molecule has 0 saturated carbocycles. The molecule has 2 heterocycles. The van der Waals surface area contributed by atoms with Gasteiger partial charge in [-0.15, -0.1) is 0 Å². The summed E-state index contributed by atoms with van der Waals surface area (Å²) in [6.45, 7) is 1.97. The molecule has 0 unspecified atom stereocenters. The third-order valence-electron chi connectivity index (χ3n) is 3.48. The number of fused-ring (bicyclic) bond motifs is 1. The van der Waals surface area contributed by atoms with E-state index in [1.54, 1.807) is 12.1 Å². The van der Waals surface area contributed by atoms with Crippen LogP contribution in [0.15, 0.2) is 48.7 Å². The average Bonchev–Trinajstić information content (AvgIpc) is 2.91. The Morgan fingerprint density at radius 2 is 2.00 bits per heavy atom. The molecule has 1 amide bonds. The van der Waals surface area contributed by atoms with E-state index < -0.39 is 5.97 Å². The fourth-order valence-corrected chi connectivity index (χ4v) is 2.38. The summed E-state index contributed by atoms with van der Waals surface area (Å²) in [5.41, 5.74) is 3.07. The molecule has 23 heavy (non-hydrogen) atoms. The van der Waals surface area contributed by atoms with E-state index >= 15 is 0 Å². The summed E-state index contributed by atoms with van der Waals surface area (Å²) in [6.07, 6.45) is 1.95. The van der Waals surface area contributed by atoms with Crippen LogP contribution >= 0.6 is 0 Å². The van der Waals surface area contributed by atoms with Crippen molar-refractivity contribution < 1.29 is 14.7 Å². The molecule has 6 heteroatoms. The van der Waals surface area contributed by atoms with Gasteiger partial charge in [0.2, 0.25) is 5.91 Å². The molecular weight excluding hydrogens is 294 g/mol. The van der Waals surface area contributed by atoms with E-state index in [-0.39, 0.29) is 17.9 Å². The lowest BCUT2D eigenvalue weighted by Gasteiger charge is -2.04. The largest absolute Gasteiger partial charge is 0.478 e. The van der Waals surface area contributed by atoms with Crippen molar-refractivity contribution in [3.8, 4) is 0 Å². The number of imidazole rings is 1. The number of pyridine rings is 1. The van der Waals surface area contributed by atoms with Crippen LogP contribution in [0.1, 0.15) is 21.7 Å². The number of aromatic carboxylic acids is 1. The summed E-state index contributed by atoms with van der Waals surface area (Å²) >= 11 is 0. The second-order valence-corrected chi connectivity index (χ2v) is 5.24. The summed E-state index contributed by atoms with van der Waals surface area (Å²) in [7, 11) is 0. The number of carboxylic acids is 1. The second-order valence-electron chi connectivity index (χ2n) is 5.24. The van der Waals surface area contributed by atoms with Gasteiger partial charge in [0, 0.05) is 17.6 Å². The monoisotopic (exact) mass is 309 g/mol. The number of hydrogen-bond donors (Lipinski definition) is 2. The van der Waals surface area contributed by atoms with Gasteiger partial charge in [-0.05, 0) is 37.3 Å². The Hall–Kier alpha value is -3.15. The van der Waals surface area contributed by atoms with Gasteiger partial charge in [0.05, 0.1) is 17.7 Å². The van der Waals surface area contributed by atoms with E-state index in [2.05, 4.69) is 10.3 Å². The zero-order chi connectivity index (χ0) is 16.4. The quantitative estimate of drug-likeness (QED) is 0.775. The SMILES string of the molecule is Cc1cccc2nc(CC(=O)Nc3cccc(C(=O)O)c3)cn12. The highest BCUT2D eigenvalue weighted by Crippen LogP contribution is 2.13. The molecule has 0 spiro atoms. The van der Waals surface area contributed by atoms with Gasteiger partial charge in [0.15, 0.2) is 0 Å². The molecule has 6 nitrogen and oxygen atoms in total. The van der Waals surface area contributed by atoms with Crippen LogP contribution in [0.4, 0.5) is 5.69 Å². The van der Waals surface area contributed by atoms with Crippen molar-refractivity contribution in [3.05, 3.63) is 65.6 Å². The van der Waals surface area contributed by atoms with Crippen molar-refractivity contribution in [1.29, 1.82) is 0 Å². The molecule has 0 atom stereocenters. The maximum atomic E-state index is 12.1. The number of nitrogens with zero attached hydrogens (tertiary/aromatic N) is 2. The number of carbonyl (C=O) groups excluding carboxylic acids is 1. The number of carboxylic acid groups (broad SMARTS) is 1. The Morgan fingerprint density at radius 1 is 1.22 bits per heavy atom. The van der Waals surface area contributed by atoms with Crippen LogP contribution in [-0.4, -0.2) is 26.4 Å². The zero-order valence-corrected chi connectivity index (χ0v) is 12.5. The molecule has 0 bridgehead atoms. The number of aromatic nitrogens is 2. The number of anilines is 1. The van der Waals surface area contributed by atoms with Crippen LogP contribution in [0.2, 0.25) is 0 Å². The molecule has 1 aromatic carbocycles. The molecule has 0 fully saturated rings. The molecular formula is C17H15N3O3. The van der Waals surface area contributed by atoms with Crippen molar-refractivity contribution in [2.24, 2.45) is 0 Å². The predicted molar refractivity (Wildman–Crippen MR) is 85.7 cm³/mol. The molecule has 0 radical (unpaired) electrons. The fraction of sp³-hybridized carbons (Fsp3) is 0.118. The van der Waals surface area contributed by atoms with Crippen molar-refractivity contribution in [3.63, 3.8) is 0 Å². The first-order valence-electron chi connectivity index (χ1n) is 7.10. The van der Waals surface area contributed by atoms with E-state index in [4.69, 9.17) is 5.11 Å². The molecule has 0 aliphatic heterocycles. The minimum atomic E-state index is -1.03. The third-order valence-corrected chi connectivity index (χ3v) is 3.48. The highest BCUT2D eigenvalue weighted by molar-refractivity contribution is 5.94. The highest BCUT2D eigenvalue weighted by atomic mass is 16.4. The fourth-order valence-electron chi connectivity index (χ4n) is 2.38. The summed E-state index contributed by atoms with van der Waals surface area (Å²) in [6, 6.07) is 11.9. The highest BCUT2D eigenvalue weighted by Gasteiger charge is 2.10. The minimum absolute atomic E-state index is 0.123. The average molecular weight is 309 g/mol. The Bertz CT molecular complexity index is 899. The van der Waals surface area contributed by atoms with E-state index in [9.17, 15) is 9.59 Å². The first-order chi connectivity index (χ1) is 11.0. The lowest BCUT2D eigenvalue weighted by molar-refractivity contribution is -0.115. The Balaban J connectivity index is 1.74. The van der Waals surface area contributed by atoms with Gasteiger partial charge in [0.1, 0.15) is 5.65 Å². The zero-order valence-electron chi connectivity index (χ0n) is 12.5. The second kappa shape index (κ2) is 5.92. The molecule has 2 N–H and O–H groups in total. The van der Waals surface area contributed by atoms with Gasteiger partial charge in [-0.1, -0.05) is 12.1 Å². The van der Waals surface area contributed by atoms with Crippen LogP contribution in [0.5, 0.6) is 0 Å². The summed E-state index contributed by atoms with van der Waals surface area (Å²) in [4.78, 5) is 27.5. The van der Waals surface area contributed by atoms with Gasteiger partial charge >= 0.3 is 5.97 Å². The summed E-state index contributed by atoms with van der Waals surface area (Å²) < 4.78 is 1.92. The molecule has 0 aliphatic carbocycles. The molecule has 3 aromatic rings. The van der Waals surface area contributed by atoms with Crippen LogP contribution < -0.4 is 5.32 Å². The maximum Gasteiger partial charge on any atom is 0.335 e. The van der Waals surface area contributed by atoms with Crippen molar-refractivity contribution in [1.82, 2.24) is 9.38 Å². The number of aryl methyl sites for hydroxylation is 1. The first kappa shape index (κ1) is 14.8. The standard InChI is InChI=1S/C17H15N3O3/c1-11-4-2-7-15-18-14(10-20(11)15)9-16(21)19-13-6-3-5-12(8-13)17(22)23/h2-8,10H,9H2,1H3,(H,19,21)(H,22,23). The molecule has 0 aliphatic rings. The number of amides is 1. The topological polar surface area (TPSA) is 83.7 Å². The predicted octanol–water partition coefficient (Wildman–Crippen LogP) is 2.52. The molecule has 3 rings (SSSR count). The third kappa shape index (κ3) is 3.21. The Labute approximate surface area is 132 Å². The van der Waals surface area contributed by atoms with Gasteiger partial charge in [-0.25, -0.2) is 9.78 Å². The summed E-state index contributed by atoms with van der Waals surface area (Å²) in [5, 5.41) is 11.7. The maximum absolute atomic E-state index is 12.1. The van der Waals surface area contributed by atoms with Gasteiger partial charge in [-0.3, -0.25) is 4.79 Å². The number of benzene rings is 1. The summed E-state index contributed by atoms with van der Waals surface area (Å²) in [5.74, 6) is -1.27. The number of rotatable bonds is 4. The van der Waals surface area contributed by atoms with E-state index in [0.717, 1.165) is 11.3 Å². The van der Waals surface area contributed by atoms with Crippen LogP contribution in [0.25, 0.3) is 5.65 Å². The number of hydrogen-bond acceptors (Lipinski definition) is 3. The number of nitrogens with one attached hydrogen (secondary N) is 1. The van der Waals surface area contributed by atoms with E-state index in [1.807, 2.05) is 35.7 Å². The molecule has 0 saturated heterocycles. The number of carbonyl (C=O) groups is 2. The van der Waals surface area contributed by atoms with E-state index in [0.29, 0.717) is 11.4 Å². The van der Waals surface area contributed by atoms with Gasteiger partial charge in [0.25, 0.3) is 0 Å². The van der Waals surface area contributed by atoms with Crippen molar-refractivity contribution in [2.45, 2.75) is 13.3 Å². The lowest BCUT2D eigenvalue weighted by atomic mass is 10.2. The van der Waals surface area contributed by atoms with Gasteiger partial charge in [-0.2, -0.15) is 0 Å². The first-order valence-corrected chi connectivity index (χ1v) is 7.10. The minimum Gasteiger partial charge on any atom is -0.478 e. The Kier molecular flexibility index (Phi) is 3.80. The molecule has 2 aromatic heterocycles. The molecule has 116 valence electrons. The van der Waals surface area contributed by atoms with E-state index in [1.165, 1.54) is 12.1 Å². The van der Waals surface area contributed by atoms with Crippen molar-refractivity contribution >= 4 is 23.2 Å². The van der Waals surface area contributed by atoms with Crippen LogP contribution in [0.3, 0.4) is 0 Å². The smallest absolute Gasteiger partial charge is 0.335 e. The van der Waals surface area contributed by atoms with Crippen LogP contribution in [0, 0.1) is 6.92 Å². The Morgan fingerprint density at radius 3 is 2.74 bits per heavy atom. The lowest BCUT2D eigenvalue weighted by Crippen LogP contribution is -2.15. The normalized spacial score (nSPS) is 10.7. The van der Waals surface area contributed by atoms with Gasteiger partial charge < -0.3 is 14.8 Å². The van der Waals surface area contributed by atoms with Crippen LogP contribution in [-0.2, 0) is 11.2 Å². The van der Waals surface area contributed by atoms with Crippen molar-refractivity contribution in [2.75, 3.05) is 5.32 Å².